The van der Waals surface area contributed by atoms with E-state index in [4.69, 9.17) is 27.9 Å². The molecule has 0 bridgehead atoms. The highest BCUT2D eigenvalue weighted by Gasteiger charge is 2.18. The topological polar surface area (TPSA) is 71.5 Å². The summed E-state index contributed by atoms with van der Waals surface area (Å²) < 4.78 is 5.67. The normalized spacial score (nSPS) is 10.7. The monoisotopic (exact) mass is 397 g/mol. The molecule has 0 aliphatic rings. The molecule has 1 N–H and O–H groups in total. The van der Waals surface area contributed by atoms with Crippen LogP contribution in [0.25, 0.3) is 10.9 Å². The van der Waals surface area contributed by atoms with Crippen LogP contribution in [-0.4, -0.2) is 47.9 Å². The fourth-order valence-electron chi connectivity index (χ4n) is 2.46. The van der Waals surface area contributed by atoms with Gasteiger partial charge in [-0.15, -0.1) is 0 Å². The summed E-state index contributed by atoms with van der Waals surface area (Å²) >= 11 is 12.5. The van der Waals surface area contributed by atoms with Gasteiger partial charge >= 0.3 is 0 Å². The predicted octanol–water partition coefficient (Wildman–Crippen LogP) is 3.21. The molecule has 0 saturated heterocycles. The number of halogens is 2. The van der Waals surface area contributed by atoms with Crippen molar-refractivity contribution in [1.82, 2.24) is 15.2 Å². The molecular formula is C18H21Cl2N3O3. The van der Waals surface area contributed by atoms with Gasteiger partial charge in [-0.3, -0.25) is 9.59 Å². The molecule has 0 aliphatic heterocycles. The summed E-state index contributed by atoms with van der Waals surface area (Å²) in [5.41, 5.74) is 1.28. The molecule has 0 atom stereocenters. The molecule has 2 amide bonds. The number of likely N-dealkylation sites (N-methyl/N-ethyl adjacent to an activating group) is 2. The van der Waals surface area contributed by atoms with Crippen molar-refractivity contribution < 1.29 is 14.3 Å². The zero-order valence-corrected chi connectivity index (χ0v) is 16.4. The minimum Gasteiger partial charge on any atom is -0.480 e. The molecule has 0 radical (unpaired) electrons. The van der Waals surface area contributed by atoms with Gasteiger partial charge in [0.05, 0.1) is 16.6 Å². The Morgan fingerprint density at radius 2 is 1.96 bits per heavy atom. The molecule has 1 aromatic carbocycles. The van der Waals surface area contributed by atoms with Crippen molar-refractivity contribution in [2.45, 2.75) is 20.8 Å². The van der Waals surface area contributed by atoms with Crippen LogP contribution >= 0.6 is 23.2 Å². The van der Waals surface area contributed by atoms with Crippen molar-refractivity contribution in [3.8, 4) is 5.75 Å². The van der Waals surface area contributed by atoms with Gasteiger partial charge in [-0.1, -0.05) is 23.2 Å². The number of pyridine rings is 1. The van der Waals surface area contributed by atoms with Crippen molar-refractivity contribution in [3.63, 3.8) is 0 Å². The van der Waals surface area contributed by atoms with Crippen LogP contribution in [0.1, 0.15) is 19.5 Å². The summed E-state index contributed by atoms with van der Waals surface area (Å²) in [6, 6.07) is 5.23. The second-order valence-electron chi connectivity index (χ2n) is 5.67. The number of amides is 2. The van der Waals surface area contributed by atoms with E-state index >= 15 is 0 Å². The van der Waals surface area contributed by atoms with E-state index in [1.54, 1.807) is 13.0 Å². The van der Waals surface area contributed by atoms with E-state index in [2.05, 4.69) is 10.3 Å². The number of carbonyl (C=O) groups is 2. The summed E-state index contributed by atoms with van der Waals surface area (Å²) in [5, 5.41) is 4.10. The Morgan fingerprint density at radius 1 is 1.23 bits per heavy atom. The number of fused-ring (bicyclic) bond motifs is 1. The molecule has 0 unspecified atom stereocenters. The first-order valence-corrected chi connectivity index (χ1v) is 9.05. The maximum absolute atomic E-state index is 12.4. The fourth-order valence-corrected chi connectivity index (χ4v) is 3.03. The molecule has 2 aromatic rings. The van der Waals surface area contributed by atoms with Crippen molar-refractivity contribution in [3.05, 3.63) is 33.9 Å². The van der Waals surface area contributed by atoms with Crippen LogP contribution in [0.4, 0.5) is 0 Å². The lowest BCUT2D eigenvalue weighted by Crippen LogP contribution is -2.42. The van der Waals surface area contributed by atoms with Crippen LogP contribution in [0.5, 0.6) is 5.75 Å². The maximum atomic E-state index is 12.4. The molecule has 0 aliphatic carbocycles. The van der Waals surface area contributed by atoms with Crippen LogP contribution in [0, 0.1) is 6.92 Å². The number of ether oxygens (including phenoxy) is 1. The minimum absolute atomic E-state index is 0.0149. The quantitative estimate of drug-likeness (QED) is 0.778. The zero-order chi connectivity index (χ0) is 19.3. The highest BCUT2D eigenvalue weighted by atomic mass is 35.5. The number of aromatic nitrogens is 1. The van der Waals surface area contributed by atoms with Crippen molar-refractivity contribution >= 4 is 45.9 Å². The molecule has 0 fully saturated rings. The maximum Gasteiger partial charge on any atom is 0.260 e. The number of hydrogen-bond acceptors (Lipinski definition) is 4. The van der Waals surface area contributed by atoms with Gasteiger partial charge in [-0.2, -0.15) is 0 Å². The van der Waals surface area contributed by atoms with E-state index in [1.807, 2.05) is 26.0 Å². The lowest BCUT2D eigenvalue weighted by atomic mass is 10.2. The summed E-state index contributed by atoms with van der Waals surface area (Å²) in [7, 11) is 0. The zero-order valence-electron chi connectivity index (χ0n) is 14.9. The highest BCUT2D eigenvalue weighted by Crippen LogP contribution is 2.37. The van der Waals surface area contributed by atoms with Gasteiger partial charge < -0.3 is 15.0 Å². The van der Waals surface area contributed by atoms with E-state index in [0.29, 0.717) is 34.8 Å². The molecule has 140 valence electrons. The first-order chi connectivity index (χ1) is 12.4. The molecule has 2 rings (SSSR count). The number of rotatable bonds is 7. The summed E-state index contributed by atoms with van der Waals surface area (Å²) in [6.45, 7) is 6.10. The Kier molecular flexibility index (Phi) is 7.06. The lowest BCUT2D eigenvalue weighted by molar-refractivity contribution is -0.137. The Labute approximate surface area is 162 Å². The molecule has 0 saturated carbocycles. The minimum atomic E-state index is -0.314. The summed E-state index contributed by atoms with van der Waals surface area (Å²) in [6.07, 6.45) is 0. The predicted molar refractivity (Wildman–Crippen MR) is 103 cm³/mol. The number of nitrogens with zero attached hydrogens (tertiary/aromatic N) is 2. The first kappa shape index (κ1) is 20.3. The third-order valence-electron chi connectivity index (χ3n) is 3.76. The second-order valence-corrected chi connectivity index (χ2v) is 6.48. The molecule has 1 aromatic heterocycles. The van der Waals surface area contributed by atoms with Gasteiger partial charge in [-0.05, 0) is 39.0 Å². The van der Waals surface area contributed by atoms with Crippen LogP contribution in [0.2, 0.25) is 10.0 Å². The third-order valence-corrected chi connectivity index (χ3v) is 4.35. The van der Waals surface area contributed by atoms with Gasteiger partial charge in [0.1, 0.15) is 5.52 Å². The van der Waals surface area contributed by atoms with Crippen molar-refractivity contribution in [1.29, 1.82) is 0 Å². The standard InChI is InChI=1S/C18H21Cl2N3O3/c1-4-21-15(24)9-23(5-2)16(25)10-26-18-14(20)8-13(19)12-7-6-11(3)22-17(12)18/h6-8H,4-5,9-10H2,1-3H3,(H,21,24). The van der Waals surface area contributed by atoms with E-state index in [0.717, 1.165) is 5.69 Å². The fraction of sp³-hybridized carbons (Fsp3) is 0.389. The Hall–Kier alpha value is -2.05. The lowest BCUT2D eigenvalue weighted by Gasteiger charge is -2.21. The molecule has 26 heavy (non-hydrogen) atoms. The number of nitrogens with one attached hydrogen (secondary N) is 1. The van der Waals surface area contributed by atoms with E-state index < -0.39 is 0 Å². The first-order valence-electron chi connectivity index (χ1n) is 8.30. The number of carbonyl (C=O) groups excluding carboxylic acids is 2. The van der Waals surface area contributed by atoms with Crippen LogP contribution in [0.15, 0.2) is 18.2 Å². The van der Waals surface area contributed by atoms with Crippen molar-refractivity contribution in [2.24, 2.45) is 0 Å². The van der Waals surface area contributed by atoms with Crippen molar-refractivity contribution in [2.75, 3.05) is 26.2 Å². The molecule has 6 nitrogen and oxygen atoms in total. The summed E-state index contributed by atoms with van der Waals surface area (Å²) in [4.78, 5) is 29.9. The van der Waals surface area contributed by atoms with E-state index in [9.17, 15) is 9.59 Å². The molecule has 8 heteroatoms. The Balaban J connectivity index is 2.19. The van der Waals surface area contributed by atoms with Gasteiger partial charge in [0.25, 0.3) is 5.91 Å². The van der Waals surface area contributed by atoms with Gasteiger partial charge in [0.15, 0.2) is 12.4 Å². The SMILES string of the molecule is CCNC(=O)CN(CC)C(=O)COc1c(Cl)cc(Cl)c2ccc(C)nc12. The molecule has 0 spiro atoms. The smallest absolute Gasteiger partial charge is 0.260 e. The van der Waals surface area contributed by atoms with Gasteiger partial charge in [-0.25, -0.2) is 4.98 Å². The average Bonchev–Trinajstić information content (AvgIpc) is 2.59. The third kappa shape index (κ3) is 4.77. The number of benzene rings is 1. The largest absolute Gasteiger partial charge is 0.480 e. The highest BCUT2D eigenvalue weighted by molar-refractivity contribution is 6.39. The summed E-state index contributed by atoms with van der Waals surface area (Å²) in [5.74, 6) is -0.224. The Bertz CT molecular complexity index is 827. The van der Waals surface area contributed by atoms with E-state index in [-0.39, 0.29) is 30.0 Å². The second kappa shape index (κ2) is 9.05. The van der Waals surface area contributed by atoms with Gasteiger partial charge in [0, 0.05) is 24.2 Å². The number of aryl methyl sites for hydroxylation is 1. The van der Waals surface area contributed by atoms with E-state index in [1.165, 1.54) is 4.90 Å². The van der Waals surface area contributed by atoms with Crippen LogP contribution in [-0.2, 0) is 9.59 Å². The average molecular weight is 398 g/mol. The van der Waals surface area contributed by atoms with Crippen LogP contribution in [0.3, 0.4) is 0 Å². The molecular weight excluding hydrogens is 377 g/mol. The molecule has 1 heterocycles. The van der Waals surface area contributed by atoms with Crippen LogP contribution < -0.4 is 10.1 Å². The van der Waals surface area contributed by atoms with Gasteiger partial charge in [0.2, 0.25) is 5.91 Å². The Morgan fingerprint density at radius 3 is 2.62 bits per heavy atom. The number of hydrogen-bond donors (Lipinski definition) is 1.